The minimum Gasteiger partial charge on any atom is -0.508 e. The normalized spacial score (nSPS) is 19.2. The molecule has 158 valence electrons. The standard InChI is InChI=1S/C21H32O7/c1-5-12(2)21(27)13(3)6-7-18(24)14(4)19(25)10-15(22)8-17-9-16(23)11-20(26)28-17/h5-7,9,11,13-15,18-19,21-25,27H,8,10H2,1-4H3. The van der Waals surface area contributed by atoms with Gasteiger partial charge in [0.2, 0.25) is 0 Å². The first kappa shape index (κ1) is 24.1. The Hall–Kier alpha value is -1.93. The molecule has 0 fully saturated rings. The summed E-state index contributed by atoms with van der Waals surface area (Å²) < 4.78 is 4.89. The van der Waals surface area contributed by atoms with Gasteiger partial charge in [-0.1, -0.05) is 32.1 Å². The predicted molar refractivity (Wildman–Crippen MR) is 106 cm³/mol. The Kier molecular flexibility index (Phi) is 9.61. The lowest BCUT2D eigenvalue weighted by Gasteiger charge is -2.24. The maximum absolute atomic E-state index is 11.2. The van der Waals surface area contributed by atoms with E-state index in [1.807, 2.05) is 26.8 Å². The average Bonchev–Trinajstić information content (AvgIpc) is 2.62. The van der Waals surface area contributed by atoms with Crippen molar-refractivity contribution in [2.24, 2.45) is 11.8 Å². The highest BCUT2D eigenvalue weighted by molar-refractivity contribution is 5.18. The molecule has 0 radical (unpaired) electrons. The number of hydrogen-bond acceptors (Lipinski definition) is 7. The van der Waals surface area contributed by atoms with E-state index in [1.54, 1.807) is 13.0 Å². The van der Waals surface area contributed by atoms with Crippen molar-refractivity contribution >= 4 is 0 Å². The quantitative estimate of drug-likeness (QED) is 0.379. The number of hydrogen-bond donors (Lipinski definition) is 5. The first-order chi connectivity index (χ1) is 13.0. The molecule has 28 heavy (non-hydrogen) atoms. The minimum absolute atomic E-state index is 0.0404. The van der Waals surface area contributed by atoms with Crippen LogP contribution >= 0.6 is 0 Å². The van der Waals surface area contributed by atoms with E-state index in [1.165, 1.54) is 12.1 Å². The molecular formula is C21H32O7. The van der Waals surface area contributed by atoms with E-state index in [2.05, 4.69) is 0 Å². The lowest BCUT2D eigenvalue weighted by atomic mass is 9.91. The molecule has 0 spiro atoms. The van der Waals surface area contributed by atoms with Gasteiger partial charge in [0.05, 0.1) is 30.5 Å². The average molecular weight is 396 g/mol. The molecule has 0 amide bonds. The van der Waals surface area contributed by atoms with Crippen LogP contribution in [0.2, 0.25) is 0 Å². The van der Waals surface area contributed by atoms with Crippen LogP contribution in [0.15, 0.2) is 45.1 Å². The van der Waals surface area contributed by atoms with Gasteiger partial charge in [-0.05, 0) is 19.4 Å². The SMILES string of the molecule is CC=C(C)C(O)C(C)C=CC(O)C(C)C(O)CC(O)Cc1cc(O)cc(=O)o1. The zero-order valence-electron chi connectivity index (χ0n) is 16.8. The van der Waals surface area contributed by atoms with E-state index in [0.717, 1.165) is 11.6 Å². The van der Waals surface area contributed by atoms with Crippen LogP contribution in [0.4, 0.5) is 0 Å². The van der Waals surface area contributed by atoms with Gasteiger partial charge >= 0.3 is 5.63 Å². The highest BCUT2D eigenvalue weighted by Crippen LogP contribution is 2.19. The molecule has 0 aliphatic heterocycles. The Morgan fingerprint density at radius 2 is 1.79 bits per heavy atom. The number of aromatic hydroxyl groups is 1. The third-order valence-electron chi connectivity index (χ3n) is 4.93. The molecular weight excluding hydrogens is 364 g/mol. The van der Waals surface area contributed by atoms with Crippen molar-refractivity contribution in [2.45, 2.75) is 65.0 Å². The molecule has 1 aromatic heterocycles. The van der Waals surface area contributed by atoms with E-state index in [4.69, 9.17) is 4.42 Å². The number of aliphatic hydroxyl groups excluding tert-OH is 4. The fourth-order valence-electron chi connectivity index (χ4n) is 2.81. The summed E-state index contributed by atoms with van der Waals surface area (Å²) in [5, 5.41) is 50.2. The second-order valence-electron chi connectivity index (χ2n) is 7.33. The van der Waals surface area contributed by atoms with Crippen molar-refractivity contribution in [1.82, 2.24) is 0 Å². The summed E-state index contributed by atoms with van der Waals surface area (Å²) in [5.74, 6) is -0.902. The molecule has 7 nitrogen and oxygen atoms in total. The molecule has 1 rings (SSSR count). The van der Waals surface area contributed by atoms with Crippen LogP contribution in [0.5, 0.6) is 5.75 Å². The Bertz CT molecular complexity index is 722. The molecule has 5 N–H and O–H groups in total. The Morgan fingerprint density at radius 3 is 2.36 bits per heavy atom. The number of allylic oxidation sites excluding steroid dienone is 1. The lowest BCUT2D eigenvalue weighted by molar-refractivity contribution is 0.00848. The molecule has 6 unspecified atom stereocenters. The molecule has 7 heteroatoms. The highest BCUT2D eigenvalue weighted by Gasteiger charge is 2.24. The van der Waals surface area contributed by atoms with E-state index in [9.17, 15) is 30.3 Å². The molecule has 0 bridgehead atoms. The van der Waals surface area contributed by atoms with Gasteiger partial charge in [-0.3, -0.25) is 0 Å². The van der Waals surface area contributed by atoms with Crippen LogP contribution < -0.4 is 5.63 Å². The maximum atomic E-state index is 11.2. The zero-order chi connectivity index (χ0) is 21.4. The summed E-state index contributed by atoms with van der Waals surface area (Å²) in [6, 6.07) is 2.16. The lowest BCUT2D eigenvalue weighted by Crippen LogP contribution is -2.32. The van der Waals surface area contributed by atoms with Gasteiger partial charge in [-0.15, -0.1) is 0 Å². The predicted octanol–water partition coefficient (Wildman–Crippen LogP) is 1.52. The van der Waals surface area contributed by atoms with Gasteiger partial charge in [-0.25, -0.2) is 4.79 Å². The summed E-state index contributed by atoms with van der Waals surface area (Å²) in [7, 11) is 0. The third-order valence-corrected chi connectivity index (χ3v) is 4.93. The maximum Gasteiger partial charge on any atom is 0.339 e. The molecule has 0 aliphatic carbocycles. The smallest absolute Gasteiger partial charge is 0.339 e. The molecule has 6 atom stereocenters. The van der Waals surface area contributed by atoms with Crippen molar-refractivity contribution in [3.63, 3.8) is 0 Å². The fourth-order valence-corrected chi connectivity index (χ4v) is 2.81. The van der Waals surface area contributed by atoms with Gasteiger partial charge in [0.1, 0.15) is 11.5 Å². The van der Waals surface area contributed by atoms with Crippen LogP contribution in [-0.2, 0) is 6.42 Å². The van der Waals surface area contributed by atoms with Crippen LogP contribution in [0.3, 0.4) is 0 Å². The van der Waals surface area contributed by atoms with Gasteiger partial charge in [0, 0.05) is 30.7 Å². The molecule has 1 aromatic rings. The van der Waals surface area contributed by atoms with Gasteiger partial charge in [-0.2, -0.15) is 0 Å². The van der Waals surface area contributed by atoms with Crippen molar-refractivity contribution in [3.05, 3.63) is 52.1 Å². The molecule has 1 heterocycles. The van der Waals surface area contributed by atoms with Crippen LogP contribution in [0.1, 0.15) is 39.9 Å². The second kappa shape index (κ2) is 11.2. The molecule has 0 aliphatic rings. The fraction of sp³-hybridized carbons (Fsp3) is 0.571. The first-order valence-electron chi connectivity index (χ1n) is 9.41. The van der Waals surface area contributed by atoms with E-state index in [0.29, 0.717) is 0 Å². The van der Waals surface area contributed by atoms with Crippen molar-refractivity contribution in [3.8, 4) is 5.75 Å². The van der Waals surface area contributed by atoms with E-state index < -0.39 is 36.0 Å². The largest absolute Gasteiger partial charge is 0.508 e. The Morgan fingerprint density at radius 1 is 1.14 bits per heavy atom. The summed E-state index contributed by atoms with van der Waals surface area (Å²) in [6.07, 6.45) is 1.34. The van der Waals surface area contributed by atoms with Gasteiger partial charge < -0.3 is 29.9 Å². The summed E-state index contributed by atoms with van der Waals surface area (Å²) in [4.78, 5) is 11.2. The van der Waals surface area contributed by atoms with Crippen molar-refractivity contribution in [1.29, 1.82) is 0 Å². The van der Waals surface area contributed by atoms with Crippen LogP contribution in [0, 0.1) is 11.8 Å². The zero-order valence-corrected chi connectivity index (χ0v) is 16.8. The summed E-state index contributed by atoms with van der Waals surface area (Å²) >= 11 is 0. The van der Waals surface area contributed by atoms with E-state index >= 15 is 0 Å². The monoisotopic (exact) mass is 396 g/mol. The first-order valence-corrected chi connectivity index (χ1v) is 9.41. The number of rotatable bonds is 10. The van der Waals surface area contributed by atoms with Gasteiger partial charge in [0.25, 0.3) is 0 Å². The second-order valence-corrected chi connectivity index (χ2v) is 7.33. The summed E-state index contributed by atoms with van der Waals surface area (Å²) in [6.45, 7) is 7.15. The summed E-state index contributed by atoms with van der Waals surface area (Å²) in [5.41, 5.74) is 0.114. The van der Waals surface area contributed by atoms with Crippen molar-refractivity contribution in [2.75, 3.05) is 0 Å². The Labute approximate surface area is 165 Å². The van der Waals surface area contributed by atoms with Crippen LogP contribution in [0.25, 0.3) is 0 Å². The van der Waals surface area contributed by atoms with Crippen molar-refractivity contribution < 1.29 is 29.9 Å². The topological polar surface area (TPSA) is 131 Å². The molecule has 0 saturated carbocycles. The van der Waals surface area contributed by atoms with Gasteiger partial charge in [0.15, 0.2) is 0 Å². The minimum atomic E-state index is -1.02. The third kappa shape index (κ3) is 7.59. The van der Waals surface area contributed by atoms with Crippen LogP contribution in [-0.4, -0.2) is 49.9 Å². The molecule has 0 aromatic carbocycles. The number of aliphatic hydroxyl groups is 4. The highest BCUT2D eigenvalue weighted by atomic mass is 16.4. The molecule has 0 saturated heterocycles. The van der Waals surface area contributed by atoms with E-state index in [-0.39, 0.29) is 30.3 Å². The Balaban J connectivity index is 2.61.